The highest BCUT2D eigenvalue weighted by Crippen LogP contribution is 2.29. The fourth-order valence-corrected chi connectivity index (χ4v) is 4.18. The summed E-state index contributed by atoms with van der Waals surface area (Å²) in [6.07, 6.45) is 16.3. The Kier molecular flexibility index (Phi) is 6.77. The zero-order valence-electron chi connectivity index (χ0n) is 17.7. The maximum atomic E-state index is 13.8. The lowest BCUT2D eigenvalue weighted by molar-refractivity contribution is -0.128. The Bertz CT molecular complexity index is 902. The van der Waals surface area contributed by atoms with E-state index in [1.807, 2.05) is 24.1 Å². The third-order valence-corrected chi connectivity index (χ3v) is 5.98. The van der Waals surface area contributed by atoms with Crippen LogP contribution in [0.1, 0.15) is 24.4 Å². The summed E-state index contributed by atoms with van der Waals surface area (Å²) >= 11 is 0. The number of hydrogen-bond donors (Lipinski definition) is 0. The fraction of sp³-hybridized carbons (Fsp3) is 0.346. The molecule has 0 radical (unpaired) electrons. The van der Waals surface area contributed by atoms with E-state index < -0.39 is 0 Å². The van der Waals surface area contributed by atoms with Gasteiger partial charge < -0.3 is 9.64 Å². The summed E-state index contributed by atoms with van der Waals surface area (Å²) in [4.78, 5) is 18.1. The van der Waals surface area contributed by atoms with Crippen molar-refractivity contribution in [2.45, 2.75) is 18.9 Å². The Morgan fingerprint density at radius 1 is 1.10 bits per heavy atom. The van der Waals surface area contributed by atoms with Crippen LogP contribution in [0.15, 0.2) is 89.6 Å². The van der Waals surface area contributed by atoms with Crippen LogP contribution in [0.3, 0.4) is 0 Å². The van der Waals surface area contributed by atoms with Crippen molar-refractivity contribution in [2.75, 3.05) is 39.9 Å². The Hall–Kier alpha value is -2.69. The number of allylic oxidation sites excluding steroid dienone is 8. The number of morpholine rings is 1. The first kappa shape index (κ1) is 20.6. The molecular formula is C26H30N2O2. The molecule has 4 heteroatoms. The highest BCUT2D eigenvalue weighted by atomic mass is 16.5. The zero-order chi connectivity index (χ0) is 20.8. The van der Waals surface area contributed by atoms with Gasteiger partial charge in [0.05, 0.1) is 19.3 Å². The molecule has 1 atom stereocenters. The van der Waals surface area contributed by atoms with Crippen molar-refractivity contribution in [1.29, 1.82) is 0 Å². The van der Waals surface area contributed by atoms with E-state index in [-0.39, 0.29) is 11.9 Å². The molecule has 0 saturated carbocycles. The number of amides is 1. The zero-order valence-corrected chi connectivity index (χ0v) is 17.7. The molecule has 1 unspecified atom stereocenters. The van der Waals surface area contributed by atoms with Gasteiger partial charge in [0.2, 0.25) is 0 Å². The number of benzene rings is 1. The molecule has 0 spiro atoms. The van der Waals surface area contributed by atoms with Crippen LogP contribution in [-0.4, -0.2) is 55.6 Å². The minimum Gasteiger partial charge on any atom is -0.379 e. The molecule has 1 aliphatic heterocycles. The summed E-state index contributed by atoms with van der Waals surface area (Å²) in [6.45, 7) is 4.13. The second-order valence-electron chi connectivity index (χ2n) is 8.01. The van der Waals surface area contributed by atoms with Crippen LogP contribution >= 0.6 is 0 Å². The Labute approximate surface area is 179 Å². The molecule has 4 rings (SSSR count). The highest BCUT2D eigenvalue weighted by molar-refractivity contribution is 5.99. The van der Waals surface area contributed by atoms with E-state index in [0.29, 0.717) is 0 Å². The molecule has 1 aromatic rings. The number of ether oxygens (including phenoxy) is 1. The van der Waals surface area contributed by atoms with E-state index in [9.17, 15) is 4.79 Å². The van der Waals surface area contributed by atoms with Crippen LogP contribution in [0.4, 0.5) is 0 Å². The molecule has 4 nitrogen and oxygen atoms in total. The summed E-state index contributed by atoms with van der Waals surface area (Å²) in [5, 5.41) is 0. The van der Waals surface area contributed by atoms with Gasteiger partial charge in [-0.25, -0.2) is 0 Å². The smallest absolute Gasteiger partial charge is 0.254 e. The Morgan fingerprint density at radius 3 is 2.50 bits per heavy atom. The largest absolute Gasteiger partial charge is 0.379 e. The van der Waals surface area contributed by atoms with Gasteiger partial charge in [-0.2, -0.15) is 0 Å². The molecule has 1 amide bonds. The molecule has 0 aromatic heterocycles. The monoisotopic (exact) mass is 402 g/mol. The van der Waals surface area contributed by atoms with Crippen molar-refractivity contribution < 1.29 is 9.53 Å². The Morgan fingerprint density at radius 2 is 1.83 bits per heavy atom. The van der Waals surface area contributed by atoms with Crippen LogP contribution in [0, 0.1) is 0 Å². The minimum absolute atomic E-state index is 0.00848. The van der Waals surface area contributed by atoms with Gasteiger partial charge in [-0.15, -0.1) is 0 Å². The Balaban J connectivity index is 1.61. The van der Waals surface area contributed by atoms with Gasteiger partial charge in [0.15, 0.2) is 0 Å². The summed E-state index contributed by atoms with van der Waals surface area (Å²) in [7, 11) is 1.94. The first-order valence-electron chi connectivity index (χ1n) is 10.8. The van der Waals surface area contributed by atoms with E-state index in [1.54, 1.807) is 0 Å². The second-order valence-corrected chi connectivity index (χ2v) is 8.01. The lowest BCUT2D eigenvalue weighted by Crippen LogP contribution is -2.44. The third-order valence-electron chi connectivity index (χ3n) is 5.98. The molecule has 30 heavy (non-hydrogen) atoms. The number of hydrogen-bond acceptors (Lipinski definition) is 3. The minimum atomic E-state index is -0.00848. The lowest BCUT2D eigenvalue weighted by Gasteiger charge is -2.36. The average molecular weight is 403 g/mol. The van der Waals surface area contributed by atoms with Gasteiger partial charge in [-0.05, 0) is 35.6 Å². The molecule has 156 valence electrons. The van der Waals surface area contributed by atoms with E-state index in [4.69, 9.17) is 4.74 Å². The van der Waals surface area contributed by atoms with E-state index in [2.05, 4.69) is 65.6 Å². The standard InChI is InChI=1S/C26H30N2O2/c1-27(25(23-13-3-2-4-14-23)20-28-15-17-30-18-16-28)26(29)24(22-11-7-8-12-22)19-21-9-5-6-10-21/h2-9,11,13-14,19,25H,10,12,15-18,20H2,1H3/b24-19+. The molecule has 1 saturated heterocycles. The van der Waals surface area contributed by atoms with Crippen molar-refractivity contribution in [2.24, 2.45) is 0 Å². The lowest BCUT2D eigenvalue weighted by atomic mass is 9.98. The molecule has 0 bridgehead atoms. The van der Waals surface area contributed by atoms with Crippen molar-refractivity contribution in [3.63, 3.8) is 0 Å². The SMILES string of the molecule is CN(C(=O)/C(=C/C1=CC=CC1)C1=CC=CC1)C(CN1CCOCC1)c1ccccc1. The summed E-state index contributed by atoms with van der Waals surface area (Å²) < 4.78 is 5.52. The first-order chi connectivity index (χ1) is 14.7. The molecule has 1 heterocycles. The van der Waals surface area contributed by atoms with Gasteiger partial charge in [0.25, 0.3) is 5.91 Å². The number of likely N-dealkylation sites (N-methyl/N-ethyl adjacent to an activating group) is 1. The van der Waals surface area contributed by atoms with Gasteiger partial charge in [-0.3, -0.25) is 9.69 Å². The predicted octanol–water partition coefficient (Wildman–Crippen LogP) is 4.22. The number of carbonyl (C=O) groups excluding carboxylic acids is 1. The second kappa shape index (κ2) is 9.88. The number of rotatable bonds is 7. The van der Waals surface area contributed by atoms with Crippen molar-refractivity contribution in [3.8, 4) is 0 Å². The maximum absolute atomic E-state index is 13.8. The highest BCUT2D eigenvalue weighted by Gasteiger charge is 2.28. The average Bonchev–Trinajstić information content (AvgIpc) is 3.50. The number of nitrogens with zero attached hydrogens (tertiary/aromatic N) is 2. The van der Waals surface area contributed by atoms with E-state index in [1.165, 1.54) is 11.1 Å². The maximum Gasteiger partial charge on any atom is 0.254 e. The first-order valence-corrected chi connectivity index (χ1v) is 10.8. The molecule has 3 aliphatic rings. The van der Waals surface area contributed by atoms with Crippen molar-refractivity contribution >= 4 is 5.91 Å². The van der Waals surface area contributed by atoms with Crippen LogP contribution in [0.5, 0.6) is 0 Å². The number of carbonyl (C=O) groups is 1. The van der Waals surface area contributed by atoms with Crippen LogP contribution in [0.2, 0.25) is 0 Å². The van der Waals surface area contributed by atoms with Crippen LogP contribution in [0.25, 0.3) is 0 Å². The normalized spacial score (nSPS) is 20.2. The molecule has 1 aromatic carbocycles. The van der Waals surface area contributed by atoms with Crippen molar-refractivity contribution in [1.82, 2.24) is 9.80 Å². The summed E-state index contributed by atoms with van der Waals surface area (Å²) in [5.74, 6) is 0.0832. The third kappa shape index (κ3) is 4.89. The summed E-state index contributed by atoms with van der Waals surface area (Å²) in [6, 6.07) is 10.4. The van der Waals surface area contributed by atoms with Crippen LogP contribution < -0.4 is 0 Å². The van der Waals surface area contributed by atoms with Crippen molar-refractivity contribution in [3.05, 3.63) is 95.1 Å². The predicted molar refractivity (Wildman–Crippen MR) is 121 cm³/mol. The van der Waals surface area contributed by atoms with E-state index in [0.717, 1.165) is 56.8 Å². The molecule has 1 fully saturated rings. The molecule has 2 aliphatic carbocycles. The van der Waals surface area contributed by atoms with E-state index >= 15 is 0 Å². The van der Waals surface area contributed by atoms with Gasteiger partial charge in [0, 0.05) is 32.3 Å². The van der Waals surface area contributed by atoms with Crippen LogP contribution in [-0.2, 0) is 9.53 Å². The molecule has 0 N–H and O–H groups in total. The quantitative estimate of drug-likeness (QED) is 0.641. The fourth-order valence-electron chi connectivity index (χ4n) is 4.18. The molecular weight excluding hydrogens is 372 g/mol. The van der Waals surface area contributed by atoms with Gasteiger partial charge in [-0.1, -0.05) is 66.8 Å². The summed E-state index contributed by atoms with van der Waals surface area (Å²) in [5.41, 5.74) is 4.25. The topological polar surface area (TPSA) is 32.8 Å². The van der Waals surface area contributed by atoms with Gasteiger partial charge >= 0.3 is 0 Å². The van der Waals surface area contributed by atoms with Gasteiger partial charge in [0.1, 0.15) is 0 Å².